The Balaban J connectivity index is 2.74. The minimum absolute atomic E-state index is 0.0981. The second kappa shape index (κ2) is 7.31. The van der Waals surface area contributed by atoms with Crippen molar-refractivity contribution in [2.24, 2.45) is 16.6 Å². The van der Waals surface area contributed by atoms with Gasteiger partial charge in [0.15, 0.2) is 5.84 Å². The van der Waals surface area contributed by atoms with Crippen LogP contribution in [-0.2, 0) is 0 Å². The van der Waals surface area contributed by atoms with E-state index in [-0.39, 0.29) is 5.84 Å². The molecule has 0 heterocycles. The minimum Gasteiger partial charge on any atom is -0.383 e. The zero-order chi connectivity index (χ0) is 14.3. The van der Waals surface area contributed by atoms with E-state index in [9.17, 15) is 0 Å². The number of nitrogens with one attached hydrogen (secondary N) is 1. The Kier molecular flexibility index (Phi) is 5.73. The van der Waals surface area contributed by atoms with Gasteiger partial charge in [0.25, 0.3) is 0 Å². The Morgan fingerprint density at radius 2 is 2.05 bits per heavy atom. The first-order valence-electron chi connectivity index (χ1n) is 6.40. The summed E-state index contributed by atoms with van der Waals surface area (Å²) in [5.74, 6) is 0.907. The Morgan fingerprint density at radius 3 is 2.63 bits per heavy atom. The van der Waals surface area contributed by atoms with Crippen LogP contribution in [0.4, 0.5) is 0 Å². The summed E-state index contributed by atoms with van der Waals surface area (Å²) in [6.45, 7) is 8.07. The van der Waals surface area contributed by atoms with Crippen LogP contribution in [0.5, 0.6) is 0 Å². The van der Waals surface area contributed by atoms with E-state index in [1.54, 1.807) is 0 Å². The zero-order valence-corrected chi connectivity index (χ0v) is 11.6. The maximum Gasteiger partial charge on any atom is 0.153 e. The second-order valence-electron chi connectivity index (χ2n) is 4.48. The molecule has 1 aromatic rings. The summed E-state index contributed by atoms with van der Waals surface area (Å²) in [4.78, 5) is 4.08. The summed E-state index contributed by atoms with van der Waals surface area (Å²) in [5, 5.41) is 7.86. The SMILES string of the molecule is C=C(/C=C\C(C)CC)C(=N)N=C(N)c1ccccc1. The average molecular weight is 255 g/mol. The second-order valence-corrected chi connectivity index (χ2v) is 4.48. The van der Waals surface area contributed by atoms with Gasteiger partial charge >= 0.3 is 0 Å². The van der Waals surface area contributed by atoms with Crippen molar-refractivity contribution in [2.45, 2.75) is 20.3 Å². The summed E-state index contributed by atoms with van der Waals surface area (Å²) in [6, 6.07) is 9.42. The lowest BCUT2D eigenvalue weighted by molar-refractivity contribution is 0.698. The summed E-state index contributed by atoms with van der Waals surface area (Å²) < 4.78 is 0. The zero-order valence-electron chi connectivity index (χ0n) is 11.6. The van der Waals surface area contributed by atoms with Gasteiger partial charge in [-0.25, -0.2) is 4.99 Å². The molecule has 0 fully saturated rings. The van der Waals surface area contributed by atoms with Crippen LogP contribution < -0.4 is 5.73 Å². The van der Waals surface area contributed by atoms with Crippen LogP contribution in [0.3, 0.4) is 0 Å². The molecular weight excluding hydrogens is 234 g/mol. The maximum absolute atomic E-state index is 7.86. The van der Waals surface area contributed by atoms with Crippen LogP contribution in [-0.4, -0.2) is 11.7 Å². The van der Waals surface area contributed by atoms with Gasteiger partial charge in [-0.05, 0) is 5.92 Å². The smallest absolute Gasteiger partial charge is 0.153 e. The molecule has 19 heavy (non-hydrogen) atoms. The van der Waals surface area contributed by atoms with Crippen molar-refractivity contribution >= 4 is 11.7 Å². The van der Waals surface area contributed by atoms with E-state index in [1.165, 1.54) is 0 Å². The summed E-state index contributed by atoms with van der Waals surface area (Å²) in [5.41, 5.74) is 7.24. The highest BCUT2D eigenvalue weighted by molar-refractivity contribution is 6.10. The Labute approximate surface area is 115 Å². The molecular formula is C16H21N3. The number of nitrogens with zero attached hydrogens (tertiary/aromatic N) is 1. The molecule has 3 N–H and O–H groups in total. The maximum atomic E-state index is 7.86. The summed E-state index contributed by atoms with van der Waals surface area (Å²) >= 11 is 0. The van der Waals surface area contributed by atoms with Gasteiger partial charge in [0.2, 0.25) is 0 Å². The van der Waals surface area contributed by atoms with Crippen molar-refractivity contribution in [3.05, 3.63) is 60.2 Å². The Hall–Kier alpha value is -2.16. The highest BCUT2D eigenvalue weighted by atomic mass is 14.9. The molecule has 1 rings (SSSR count). The molecule has 0 aliphatic carbocycles. The molecule has 1 atom stereocenters. The molecule has 1 unspecified atom stereocenters. The summed E-state index contributed by atoms with van der Waals surface area (Å²) in [7, 11) is 0. The van der Waals surface area contributed by atoms with Crippen molar-refractivity contribution in [2.75, 3.05) is 0 Å². The third kappa shape index (κ3) is 4.92. The molecule has 3 nitrogen and oxygen atoms in total. The fraction of sp³-hybridized carbons (Fsp3) is 0.250. The molecule has 0 aromatic heterocycles. The number of nitrogens with two attached hydrogens (primary N) is 1. The monoisotopic (exact) mass is 255 g/mol. The topological polar surface area (TPSA) is 62.2 Å². The van der Waals surface area contributed by atoms with Crippen LogP contribution in [0, 0.1) is 11.3 Å². The number of rotatable bonds is 5. The number of aliphatic imine (C=N–C) groups is 1. The molecule has 100 valence electrons. The molecule has 3 heteroatoms. The van der Waals surface area contributed by atoms with Gasteiger partial charge in [-0.15, -0.1) is 0 Å². The van der Waals surface area contributed by atoms with Gasteiger partial charge in [0.1, 0.15) is 5.84 Å². The third-order valence-corrected chi connectivity index (χ3v) is 2.88. The predicted molar refractivity (Wildman–Crippen MR) is 82.6 cm³/mol. The third-order valence-electron chi connectivity index (χ3n) is 2.88. The van der Waals surface area contributed by atoms with E-state index in [0.717, 1.165) is 12.0 Å². The van der Waals surface area contributed by atoms with E-state index < -0.39 is 0 Å². The van der Waals surface area contributed by atoms with E-state index in [2.05, 4.69) is 25.4 Å². The average Bonchev–Trinajstić information content (AvgIpc) is 2.44. The van der Waals surface area contributed by atoms with Crippen molar-refractivity contribution in [3.63, 3.8) is 0 Å². The molecule has 0 radical (unpaired) electrons. The van der Waals surface area contributed by atoms with Crippen LogP contribution in [0.2, 0.25) is 0 Å². The standard InChI is InChI=1S/C16H21N3/c1-4-12(2)10-11-13(3)15(17)19-16(18)14-8-6-5-7-9-14/h5-12H,3-4H2,1-2H3,(H3,17,18,19)/b11-10-. The van der Waals surface area contributed by atoms with Crippen molar-refractivity contribution < 1.29 is 0 Å². The lowest BCUT2D eigenvalue weighted by Crippen LogP contribution is -2.15. The van der Waals surface area contributed by atoms with E-state index in [0.29, 0.717) is 17.3 Å². The number of allylic oxidation sites excluding steroid dienone is 1. The van der Waals surface area contributed by atoms with Crippen LogP contribution in [0.1, 0.15) is 25.8 Å². The fourth-order valence-corrected chi connectivity index (χ4v) is 1.36. The minimum atomic E-state index is 0.0981. The molecule has 0 saturated heterocycles. The number of hydrogen-bond acceptors (Lipinski definition) is 1. The van der Waals surface area contributed by atoms with Gasteiger partial charge in [0.05, 0.1) is 0 Å². The normalized spacial score (nSPS) is 13.5. The molecule has 0 amide bonds. The van der Waals surface area contributed by atoms with Gasteiger partial charge in [-0.1, -0.05) is 69.3 Å². The lowest BCUT2D eigenvalue weighted by atomic mass is 10.1. The predicted octanol–water partition coefficient (Wildman–Crippen LogP) is 3.53. The molecule has 0 aliphatic rings. The number of amidine groups is 2. The van der Waals surface area contributed by atoms with E-state index in [1.807, 2.05) is 42.5 Å². The molecule has 1 aromatic carbocycles. The molecule has 0 spiro atoms. The van der Waals surface area contributed by atoms with E-state index in [4.69, 9.17) is 11.1 Å². The van der Waals surface area contributed by atoms with Crippen LogP contribution in [0.15, 0.2) is 59.6 Å². The largest absolute Gasteiger partial charge is 0.383 e. The molecule has 0 saturated carbocycles. The van der Waals surface area contributed by atoms with Gasteiger partial charge in [-0.3, -0.25) is 5.41 Å². The first kappa shape index (κ1) is 14.9. The van der Waals surface area contributed by atoms with Crippen LogP contribution in [0.25, 0.3) is 0 Å². The van der Waals surface area contributed by atoms with Crippen molar-refractivity contribution in [3.8, 4) is 0 Å². The first-order valence-corrected chi connectivity index (χ1v) is 6.40. The summed E-state index contributed by atoms with van der Waals surface area (Å²) in [6.07, 6.45) is 4.93. The lowest BCUT2D eigenvalue weighted by Gasteiger charge is -2.03. The fourth-order valence-electron chi connectivity index (χ4n) is 1.36. The van der Waals surface area contributed by atoms with Gasteiger partial charge in [0, 0.05) is 11.1 Å². The molecule has 0 bridgehead atoms. The Morgan fingerprint density at radius 1 is 1.42 bits per heavy atom. The number of benzene rings is 1. The van der Waals surface area contributed by atoms with Crippen molar-refractivity contribution in [1.29, 1.82) is 5.41 Å². The van der Waals surface area contributed by atoms with Crippen LogP contribution >= 0.6 is 0 Å². The highest BCUT2D eigenvalue weighted by Gasteiger charge is 2.02. The first-order chi connectivity index (χ1) is 9.04. The Bertz CT molecular complexity index is 498. The quantitative estimate of drug-likeness (QED) is 0.472. The number of hydrogen-bond donors (Lipinski definition) is 2. The highest BCUT2D eigenvalue weighted by Crippen LogP contribution is 2.06. The molecule has 0 aliphatic heterocycles. The van der Waals surface area contributed by atoms with Gasteiger partial charge < -0.3 is 5.73 Å². The van der Waals surface area contributed by atoms with E-state index >= 15 is 0 Å². The van der Waals surface area contributed by atoms with Gasteiger partial charge in [-0.2, -0.15) is 0 Å². The van der Waals surface area contributed by atoms with Crippen molar-refractivity contribution in [1.82, 2.24) is 0 Å².